The van der Waals surface area contributed by atoms with Crippen LogP contribution in [0.4, 0.5) is 0 Å². The normalized spacial score (nSPS) is 17.6. The van der Waals surface area contributed by atoms with E-state index in [-0.39, 0.29) is 11.7 Å². The van der Waals surface area contributed by atoms with E-state index >= 15 is 0 Å². The van der Waals surface area contributed by atoms with E-state index in [0.717, 1.165) is 55.2 Å². The van der Waals surface area contributed by atoms with Gasteiger partial charge in [0, 0.05) is 30.6 Å². The van der Waals surface area contributed by atoms with Gasteiger partial charge in [-0.3, -0.25) is 9.69 Å². The van der Waals surface area contributed by atoms with E-state index in [1.54, 1.807) is 6.26 Å². The first-order valence-electron chi connectivity index (χ1n) is 9.27. The average molecular weight is 362 g/mol. The molecule has 5 heteroatoms. The van der Waals surface area contributed by atoms with Crippen LogP contribution in [0.1, 0.15) is 28.9 Å². The lowest BCUT2D eigenvalue weighted by Crippen LogP contribution is -2.38. The molecule has 4 rings (SSSR count). The van der Waals surface area contributed by atoms with Gasteiger partial charge in [-0.2, -0.15) is 0 Å². The molecule has 1 aliphatic rings. The number of piperidine rings is 1. The average Bonchev–Trinajstić information content (AvgIpc) is 3.22. The molecule has 1 atom stereocenters. The molecule has 27 heavy (non-hydrogen) atoms. The quantitative estimate of drug-likeness (QED) is 0.602. The summed E-state index contributed by atoms with van der Waals surface area (Å²) in [4.78, 5) is 15.2. The minimum Gasteiger partial charge on any atom is -0.457 e. The summed E-state index contributed by atoms with van der Waals surface area (Å²) in [5.74, 6) is 1.74. The Morgan fingerprint density at radius 3 is 2.59 bits per heavy atom. The highest BCUT2D eigenvalue weighted by atomic mass is 16.5. The Labute approximate surface area is 158 Å². The Hall–Kier alpha value is -2.92. The summed E-state index contributed by atoms with van der Waals surface area (Å²) in [7, 11) is 0. The first-order chi connectivity index (χ1) is 13.3. The van der Waals surface area contributed by atoms with E-state index in [1.165, 1.54) is 0 Å². The second kappa shape index (κ2) is 8.18. The number of hydrogen-bond acceptors (Lipinski definition) is 5. The molecule has 138 valence electrons. The Balaban J connectivity index is 1.38. The van der Waals surface area contributed by atoms with Gasteiger partial charge in [-0.1, -0.05) is 23.4 Å². The second-order valence-corrected chi connectivity index (χ2v) is 6.87. The number of rotatable bonds is 6. The lowest BCUT2D eigenvalue weighted by Gasteiger charge is -2.31. The van der Waals surface area contributed by atoms with Crippen LogP contribution in [-0.2, 0) is 6.54 Å². The highest BCUT2D eigenvalue weighted by Gasteiger charge is 2.27. The van der Waals surface area contributed by atoms with Crippen LogP contribution in [-0.4, -0.2) is 28.9 Å². The van der Waals surface area contributed by atoms with E-state index < -0.39 is 0 Å². The number of Topliss-reactive ketones (excluding diaryl/α,β-unsaturated/α-hetero) is 1. The van der Waals surface area contributed by atoms with Crippen molar-refractivity contribution in [2.75, 3.05) is 13.1 Å². The van der Waals surface area contributed by atoms with Crippen molar-refractivity contribution in [3.63, 3.8) is 0 Å². The Morgan fingerprint density at radius 1 is 1.07 bits per heavy atom. The van der Waals surface area contributed by atoms with Gasteiger partial charge < -0.3 is 9.26 Å². The summed E-state index contributed by atoms with van der Waals surface area (Å²) < 4.78 is 10.7. The Bertz CT molecular complexity index is 860. The maximum Gasteiger partial charge on any atom is 0.167 e. The first kappa shape index (κ1) is 17.5. The molecule has 0 aliphatic carbocycles. The molecule has 1 aliphatic heterocycles. The van der Waals surface area contributed by atoms with Crippen LogP contribution in [0.3, 0.4) is 0 Å². The summed E-state index contributed by atoms with van der Waals surface area (Å²) >= 11 is 0. The van der Waals surface area contributed by atoms with Gasteiger partial charge in [0.1, 0.15) is 17.8 Å². The second-order valence-electron chi connectivity index (χ2n) is 6.87. The molecular weight excluding hydrogens is 340 g/mol. The smallest absolute Gasteiger partial charge is 0.167 e. The predicted octanol–water partition coefficient (Wildman–Crippen LogP) is 4.56. The van der Waals surface area contributed by atoms with E-state index in [0.29, 0.717) is 0 Å². The van der Waals surface area contributed by atoms with Gasteiger partial charge >= 0.3 is 0 Å². The zero-order valence-corrected chi connectivity index (χ0v) is 15.1. The zero-order valence-electron chi connectivity index (χ0n) is 15.1. The number of aromatic nitrogens is 1. The van der Waals surface area contributed by atoms with Crippen molar-refractivity contribution in [1.29, 1.82) is 0 Å². The topological polar surface area (TPSA) is 55.6 Å². The van der Waals surface area contributed by atoms with Gasteiger partial charge in [0.05, 0.1) is 5.69 Å². The summed E-state index contributed by atoms with van der Waals surface area (Å²) in [5.41, 5.74) is 1.65. The third-order valence-corrected chi connectivity index (χ3v) is 4.87. The fraction of sp³-hybridized carbons (Fsp3) is 0.273. The Morgan fingerprint density at radius 2 is 1.85 bits per heavy atom. The third kappa shape index (κ3) is 4.44. The summed E-state index contributed by atoms with van der Waals surface area (Å²) in [6, 6.07) is 18.9. The minimum atomic E-state index is 0.0199. The van der Waals surface area contributed by atoms with Crippen molar-refractivity contribution in [3.05, 3.63) is 78.2 Å². The minimum absolute atomic E-state index is 0.0199. The standard InChI is InChI=1S/C22H22N2O3/c25-22(18-5-4-13-24(15-18)16-19-12-14-26-23-19)17-8-10-21(11-9-17)27-20-6-2-1-3-7-20/h1-3,6-12,14,18H,4-5,13,15-16H2. The highest BCUT2D eigenvalue weighted by Crippen LogP contribution is 2.25. The highest BCUT2D eigenvalue weighted by molar-refractivity contribution is 5.98. The molecule has 3 aromatic rings. The molecule has 1 fully saturated rings. The molecule has 2 aromatic carbocycles. The third-order valence-electron chi connectivity index (χ3n) is 4.87. The summed E-state index contributed by atoms with van der Waals surface area (Å²) in [6.07, 6.45) is 3.53. The SMILES string of the molecule is O=C(c1ccc(Oc2ccccc2)cc1)C1CCCN(Cc2ccon2)C1. The van der Waals surface area contributed by atoms with Gasteiger partial charge in [-0.15, -0.1) is 0 Å². The van der Waals surface area contributed by atoms with Crippen molar-refractivity contribution in [1.82, 2.24) is 10.1 Å². The fourth-order valence-corrected chi connectivity index (χ4v) is 3.51. The number of para-hydroxylation sites is 1. The van der Waals surface area contributed by atoms with Gasteiger partial charge in [0.25, 0.3) is 0 Å². The van der Waals surface area contributed by atoms with E-state index in [9.17, 15) is 4.79 Å². The number of nitrogens with zero attached hydrogens (tertiary/aromatic N) is 2. The van der Waals surface area contributed by atoms with Crippen LogP contribution in [0, 0.1) is 5.92 Å². The molecule has 1 aromatic heterocycles. The van der Waals surface area contributed by atoms with Gasteiger partial charge in [-0.05, 0) is 55.8 Å². The van der Waals surface area contributed by atoms with Gasteiger partial charge in [0.2, 0.25) is 0 Å². The maximum absolute atomic E-state index is 12.9. The van der Waals surface area contributed by atoms with Crippen molar-refractivity contribution in [2.24, 2.45) is 5.92 Å². The van der Waals surface area contributed by atoms with Crippen LogP contribution in [0.15, 0.2) is 71.4 Å². The van der Waals surface area contributed by atoms with E-state index in [4.69, 9.17) is 9.26 Å². The van der Waals surface area contributed by atoms with Gasteiger partial charge in [0.15, 0.2) is 5.78 Å². The summed E-state index contributed by atoms with van der Waals surface area (Å²) in [6.45, 7) is 2.47. The van der Waals surface area contributed by atoms with E-state index in [1.807, 2.05) is 60.7 Å². The molecular formula is C22H22N2O3. The lowest BCUT2D eigenvalue weighted by molar-refractivity contribution is 0.0809. The Kier molecular flexibility index (Phi) is 5.30. The number of ether oxygens (including phenoxy) is 1. The first-order valence-corrected chi connectivity index (χ1v) is 9.27. The van der Waals surface area contributed by atoms with Crippen LogP contribution >= 0.6 is 0 Å². The number of hydrogen-bond donors (Lipinski definition) is 0. The number of carbonyl (C=O) groups is 1. The largest absolute Gasteiger partial charge is 0.457 e. The molecule has 1 unspecified atom stereocenters. The molecule has 0 bridgehead atoms. The number of likely N-dealkylation sites (tertiary alicyclic amines) is 1. The molecule has 0 N–H and O–H groups in total. The number of carbonyl (C=O) groups excluding carboxylic acids is 1. The molecule has 1 saturated heterocycles. The maximum atomic E-state index is 12.9. The molecule has 0 saturated carbocycles. The van der Waals surface area contributed by atoms with Crippen molar-refractivity contribution in [3.8, 4) is 11.5 Å². The molecule has 2 heterocycles. The molecule has 0 radical (unpaired) electrons. The lowest BCUT2D eigenvalue weighted by atomic mass is 9.90. The molecule has 0 amide bonds. The predicted molar refractivity (Wildman–Crippen MR) is 102 cm³/mol. The summed E-state index contributed by atoms with van der Waals surface area (Å²) in [5, 5.41) is 3.97. The number of benzene rings is 2. The molecule has 0 spiro atoms. The zero-order chi connectivity index (χ0) is 18.5. The van der Waals surface area contributed by atoms with Crippen LogP contribution in [0.5, 0.6) is 11.5 Å². The van der Waals surface area contributed by atoms with E-state index in [2.05, 4.69) is 10.1 Å². The van der Waals surface area contributed by atoms with Crippen molar-refractivity contribution < 1.29 is 14.1 Å². The van der Waals surface area contributed by atoms with Crippen LogP contribution in [0.25, 0.3) is 0 Å². The van der Waals surface area contributed by atoms with Crippen molar-refractivity contribution >= 4 is 5.78 Å². The van der Waals surface area contributed by atoms with Gasteiger partial charge in [-0.25, -0.2) is 0 Å². The number of ketones is 1. The fourth-order valence-electron chi connectivity index (χ4n) is 3.51. The molecule has 5 nitrogen and oxygen atoms in total. The van der Waals surface area contributed by atoms with Crippen LogP contribution in [0.2, 0.25) is 0 Å². The van der Waals surface area contributed by atoms with Crippen molar-refractivity contribution in [2.45, 2.75) is 19.4 Å². The monoisotopic (exact) mass is 362 g/mol. The van der Waals surface area contributed by atoms with Crippen LogP contribution < -0.4 is 4.74 Å².